The van der Waals surface area contributed by atoms with Gasteiger partial charge >= 0.3 is 5.97 Å². The third-order valence-electron chi connectivity index (χ3n) is 5.57. The Labute approximate surface area is 208 Å². The molecule has 0 saturated carbocycles. The second-order valence-electron chi connectivity index (χ2n) is 8.10. The SMILES string of the molecule is CCOC(=O)c1ccc(NC(=O)C(CC)n2c(SCc3ccc(C)cc3)nc3cccnc32)cc1. The van der Waals surface area contributed by atoms with Crippen LogP contribution in [0.25, 0.3) is 11.2 Å². The Kier molecular flexibility index (Phi) is 7.82. The lowest BCUT2D eigenvalue weighted by Crippen LogP contribution is -2.26. The molecule has 0 aliphatic heterocycles. The van der Waals surface area contributed by atoms with Gasteiger partial charge in [0.2, 0.25) is 5.91 Å². The van der Waals surface area contributed by atoms with E-state index in [1.54, 1.807) is 49.1 Å². The molecule has 2 aromatic heterocycles. The molecule has 4 aromatic rings. The van der Waals surface area contributed by atoms with Gasteiger partial charge in [0, 0.05) is 17.6 Å². The Bertz CT molecular complexity index is 1320. The summed E-state index contributed by atoms with van der Waals surface area (Å²) < 4.78 is 6.95. The fourth-order valence-corrected chi connectivity index (χ4v) is 4.74. The van der Waals surface area contributed by atoms with Crippen molar-refractivity contribution in [1.82, 2.24) is 14.5 Å². The van der Waals surface area contributed by atoms with Crippen molar-refractivity contribution in [1.29, 1.82) is 0 Å². The normalized spacial score (nSPS) is 11.9. The summed E-state index contributed by atoms with van der Waals surface area (Å²) in [5.74, 6) is 0.179. The van der Waals surface area contributed by atoms with Gasteiger partial charge in [-0.3, -0.25) is 9.36 Å². The number of aryl methyl sites for hydroxylation is 1. The molecule has 2 aromatic carbocycles. The zero-order chi connectivity index (χ0) is 24.8. The number of carbonyl (C=O) groups is 2. The molecule has 7 nitrogen and oxygen atoms in total. The predicted molar refractivity (Wildman–Crippen MR) is 139 cm³/mol. The van der Waals surface area contributed by atoms with Crippen LogP contribution in [0.5, 0.6) is 0 Å². The number of rotatable bonds is 9. The van der Waals surface area contributed by atoms with Crippen LogP contribution >= 0.6 is 11.8 Å². The van der Waals surface area contributed by atoms with Gasteiger partial charge in [0.05, 0.1) is 12.2 Å². The van der Waals surface area contributed by atoms with Crippen LogP contribution in [-0.2, 0) is 15.3 Å². The highest BCUT2D eigenvalue weighted by Crippen LogP contribution is 2.31. The van der Waals surface area contributed by atoms with Crippen molar-refractivity contribution < 1.29 is 14.3 Å². The highest BCUT2D eigenvalue weighted by atomic mass is 32.2. The molecule has 0 saturated heterocycles. The zero-order valence-electron chi connectivity index (χ0n) is 20.0. The number of pyridine rings is 1. The van der Waals surface area contributed by atoms with E-state index in [1.807, 2.05) is 23.6 Å². The summed E-state index contributed by atoms with van der Waals surface area (Å²) >= 11 is 1.59. The lowest BCUT2D eigenvalue weighted by Gasteiger charge is -2.19. The number of aromatic nitrogens is 3. The molecule has 4 rings (SSSR count). The molecule has 180 valence electrons. The lowest BCUT2D eigenvalue weighted by molar-refractivity contribution is -0.119. The lowest BCUT2D eigenvalue weighted by atomic mass is 10.1. The molecule has 1 unspecified atom stereocenters. The van der Waals surface area contributed by atoms with Crippen molar-refractivity contribution in [2.75, 3.05) is 11.9 Å². The molecule has 0 bridgehead atoms. The Balaban J connectivity index is 1.58. The molecule has 1 N–H and O–H groups in total. The molecule has 0 fully saturated rings. The van der Waals surface area contributed by atoms with Crippen LogP contribution in [0, 0.1) is 6.92 Å². The Morgan fingerprint density at radius 2 is 1.80 bits per heavy atom. The van der Waals surface area contributed by atoms with Crippen molar-refractivity contribution in [2.24, 2.45) is 0 Å². The van der Waals surface area contributed by atoms with E-state index in [4.69, 9.17) is 9.72 Å². The van der Waals surface area contributed by atoms with Gasteiger partial charge in [-0.2, -0.15) is 0 Å². The van der Waals surface area contributed by atoms with E-state index in [0.29, 0.717) is 29.9 Å². The summed E-state index contributed by atoms with van der Waals surface area (Å²) in [7, 11) is 0. The van der Waals surface area contributed by atoms with Gasteiger partial charge in [0.1, 0.15) is 11.6 Å². The second-order valence-corrected chi connectivity index (χ2v) is 9.04. The van der Waals surface area contributed by atoms with E-state index < -0.39 is 6.04 Å². The monoisotopic (exact) mass is 488 g/mol. The van der Waals surface area contributed by atoms with Crippen molar-refractivity contribution in [2.45, 2.75) is 44.1 Å². The first-order chi connectivity index (χ1) is 17.0. The number of carbonyl (C=O) groups excluding carboxylic acids is 2. The predicted octanol–water partition coefficient (Wildman–Crippen LogP) is 5.80. The maximum Gasteiger partial charge on any atom is 0.338 e. The number of anilines is 1. The number of fused-ring (bicyclic) bond motifs is 1. The van der Waals surface area contributed by atoms with E-state index in [-0.39, 0.29) is 11.9 Å². The second kappa shape index (κ2) is 11.2. The van der Waals surface area contributed by atoms with Gasteiger partial charge in [0.15, 0.2) is 10.8 Å². The van der Waals surface area contributed by atoms with Gasteiger partial charge in [-0.05, 0) is 62.2 Å². The number of hydrogen-bond donors (Lipinski definition) is 1. The number of thioether (sulfide) groups is 1. The fraction of sp³-hybridized carbons (Fsp3) is 0.259. The quantitative estimate of drug-likeness (QED) is 0.237. The summed E-state index contributed by atoms with van der Waals surface area (Å²) in [5, 5.41) is 3.72. The standard InChI is InChI=1S/C27H28N4O3S/c1-4-23(25(32)29-21-14-12-20(13-15-21)26(33)34-5-2)31-24-22(7-6-16-28-24)30-27(31)35-17-19-10-8-18(3)9-11-19/h6-16,23H,4-5,17H2,1-3H3,(H,29,32). The van der Waals surface area contributed by atoms with E-state index in [2.05, 4.69) is 41.5 Å². The van der Waals surface area contributed by atoms with Gasteiger partial charge in [0.25, 0.3) is 0 Å². The highest BCUT2D eigenvalue weighted by Gasteiger charge is 2.25. The number of ether oxygens (including phenoxy) is 1. The molecule has 35 heavy (non-hydrogen) atoms. The van der Waals surface area contributed by atoms with Crippen LogP contribution in [0.4, 0.5) is 5.69 Å². The summed E-state index contributed by atoms with van der Waals surface area (Å²) in [6.07, 6.45) is 2.28. The Morgan fingerprint density at radius 1 is 1.06 bits per heavy atom. The Morgan fingerprint density at radius 3 is 2.49 bits per heavy atom. The molecule has 0 radical (unpaired) electrons. The van der Waals surface area contributed by atoms with Gasteiger partial charge in [-0.1, -0.05) is 48.5 Å². The van der Waals surface area contributed by atoms with Crippen molar-refractivity contribution in [3.8, 4) is 0 Å². The topological polar surface area (TPSA) is 86.1 Å². The van der Waals surface area contributed by atoms with Crippen LogP contribution < -0.4 is 5.32 Å². The summed E-state index contributed by atoms with van der Waals surface area (Å²) in [5.41, 5.74) is 4.88. The summed E-state index contributed by atoms with van der Waals surface area (Å²) in [6.45, 7) is 6.11. The van der Waals surface area contributed by atoms with Crippen molar-refractivity contribution in [3.05, 3.63) is 83.6 Å². The number of hydrogen-bond acceptors (Lipinski definition) is 6. The third-order valence-corrected chi connectivity index (χ3v) is 6.59. The van der Waals surface area contributed by atoms with Crippen LogP contribution in [0.2, 0.25) is 0 Å². The highest BCUT2D eigenvalue weighted by molar-refractivity contribution is 7.98. The first-order valence-corrected chi connectivity index (χ1v) is 12.6. The van der Waals surface area contributed by atoms with Crippen molar-refractivity contribution in [3.63, 3.8) is 0 Å². The minimum absolute atomic E-state index is 0.168. The maximum absolute atomic E-state index is 13.4. The molecule has 0 aliphatic carbocycles. The number of imidazole rings is 1. The maximum atomic E-state index is 13.4. The first-order valence-electron chi connectivity index (χ1n) is 11.6. The van der Waals surface area contributed by atoms with E-state index in [1.165, 1.54) is 11.1 Å². The van der Waals surface area contributed by atoms with E-state index in [0.717, 1.165) is 16.4 Å². The number of amides is 1. The molecule has 1 atom stereocenters. The van der Waals surface area contributed by atoms with Gasteiger partial charge in [-0.15, -0.1) is 0 Å². The van der Waals surface area contributed by atoms with Crippen LogP contribution in [0.3, 0.4) is 0 Å². The number of benzene rings is 2. The number of esters is 1. The first kappa shape index (κ1) is 24.5. The molecule has 1 amide bonds. The molecular weight excluding hydrogens is 460 g/mol. The van der Waals surface area contributed by atoms with Crippen LogP contribution in [0.1, 0.15) is 47.8 Å². The average Bonchev–Trinajstić information content (AvgIpc) is 3.23. The van der Waals surface area contributed by atoms with E-state index in [9.17, 15) is 9.59 Å². The van der Waals surface area contributed by atoms with E-state index >= 15 is 0 Å². The third kappa shape index (κ3) is 5.71. The summed E-state index contributed by atoms with van der Waals surface area (Å²) in [6, 6.07) is 18.4. The fourth-order valence-electron chi connectivity index (χ4n) is 3.74. The van der Waals surface area contributed by atoms with Gasteiger partial charge < -0.3 is 10.1 Å². The molecule has 0 aliphatic rings. The molecule has 2 heterocycles. The number of nitrogens with one attached hydrogen (secondary N) is 1. The summed E-state index contributed by atoms with van der Waals surface area (Å²) in [4.78, 5) is 34.6. The molecule has 8 heteroatoms. The van der Waals surface area contributed by atoms with Crippen LogP contribution in [0.15, 0.2) is 72.0 Å². The number of nitrogens with zero attached hydrogens (tertiary/aromatic N) is 3. The molecule has 0 spiro atoms. The zero-order valence-corrected chi connectivity index (χ0v) is 20.8. The average molecular weight is 489 g/mol. The Hall–Kier alpha value is -3.65. The van der Waals surface area contributed by atoms with Crippen molar-refractivity contribution >= 4 is 40.5 Å². The largest absolute Gasteiger partial charge is 0.462 e. The minimum Gasteiger partial charge on any atom is -0.462 e. The van der Waals surface area contributed by atoms with Crippen LogP contribution in [-0.4, -0.2) is 33.0 Å². The minimum atomic E-state index is -0.500. The van der Waals surface area contributed by atoms with Gasteiger partial charge in [-0.25, -0.2) is 14.8 Å². The molecular formula is C27H28N4O3S. The smallest absolute Gasteiger partial charge is 0.338 e.